The summed E-state index contributed by atoms with van der Waals surface area (Å²) in [6, 6.07) is 0.361. The number of hydrogen-bond donors (Lipinski definition) is 2. The molecule has 0 saturated carbocycles. The van der Waals surface area contributed by atoms with Crippen molar-refractivity contribution in [1.29, 1.82) is 0 Å². The van der Waals surface area contributed by atoms with Crippen molar-refractivity contribution in [3.05, 3.63) is 0 Å². The molecule has 0 radical (unpaired) electrons. The molecule has 2 aliphatic heterocycles. The van der Waals surface area contributed by atoms with Crippen molar-refractivity contribution in [3.63, 3.8) is 0 Å². The molecule has 3 N–H and O–H groups in total. The highest BCUT2D eigenvalue weighted by molar-refractivity contribution is 5.85. The molecule has 0 unspecified atom stereocenters. The van der Waals surface area contributed by atoms with E-state index in [1.165, 1.54) is 0 Å². The van der Waals surface area contributed by atoms with E-state index < -0.39 is 6.17 Å². The summed E-state index contributed by atoms with van der Waals surface area (Å²) >= 11 is 0. The van der Waals surface area contributed by atoms with Crippen molar-refractivity contribution < 1.29 is 4.39 Å². The second-order valence-corrected chi connectivity index (χ2v) is 3.39. The smallest absolute Gasteiger partial charge is 0.130 e. The summed E-state index contributed by atoms with van der Waals surface area (Å²) in [6.07, 6.45) is 2.09. The van der Waals surface area contributed by atoms with Crippen LogP contribution in [0.15, 0.2) is 0 Å². The van der Waals surface area contributed by atoms with Gasteiger partial charge in [-0.15, -0.1) is 24.8 Å². The molecule has 0 aromatic heterocycles. The number of halogens is 3. The van der Waals surface area contributed by atoms with E-state index in [9.17, 15) is 4.39 Å². The van der Waals surface area contributed by atoms with Crippen LogP contribution in [0, 0.1) is 0 Å². The highest BCUT2D eigenvalue weighted by atomic mass is 35.5. The van der Waals surface area contributed by atoms with Crippen LogP contribution in [-0.2, 0) is 0 Å². The third-order valence-electron chi connectivity index (χ3n) is 2.63. The number of nitrogens with one attached hydrogen (secondary N) is 1. The van der Waals surface area contributed by atoms with Crippen LogP contribution < -0.4 is 11.1 Å². The van der Waals surface area contributed by atoms with Gasteiger partial charge in [-0.3, -0.25) is 0 Å². The predicted octanol–water partition coefficient (Wildman–Crippen LogP) is 1.02. The van der Waals surface area contributed by atoms with E-state index in [1.807, 2.05) is 0 Å². The molecule has 0 aliphatic carbocycles. The number of piperidine rings is 1. The van der Waals surface area contributed by atoms with E-state index in [0.717, 1.165) is 19.3 Å². The quantitative estimate of drug-likeness (QED) is 0.635. The molecule has 2 saturated heterocycles. The van der Waals surface area contributed by atoms with Crippen LogP contribution >= 0.6 is 24.8 Å². The molecule has 2 rings (SSSR count). The van der Waals surface area contributed by atoms with E-state index in [2.05, 4.69) is 5.32 Å². The molecule has 5 heteroatoms. The van der Waals surface area contributed by atoms with Crippen LogP contribution in [0.3, 0.4) is 0 Å². The average Bonchev–Trinajstić information content (AvgIpc) is 2.29. The van der Waals surface area contributed by atoms with Gasteiger partial charge in [0, 0.05) is 18.1 Å². The molecule has 2 aliphatic rings. The summed E-state index contributed by atoms with van der Waals surface area (Å²) in [5, 5.41) is 3.22. The van der Waals surface area contributed by atoms with Crippen LogP contribution in [0.25, 0.3) is 0 Å². The lowest BCUT2D eigenvalue weighted by Gasteiger charge is -2.29. The maximum atomic E-state index is 13.1. The van der Waals surface area contributed by atoms with E-state index in [-0.39, 0.29) is 36.9 Å². The van der Waals surface area contributed by atoms with Crippen molar-refractivity contribution in [2.24, 2.45) is 5.73 Å². The van der Waals surface area contributed by atoms with Gasteiger partial charge in [-0.1, -0.05) is 0 Å². The maximum absolute atomic E-state index is 13.1. The highest BCUT2D eigenvalue weighted by Crippen LogP contribution is 2.27. The normalized spacial score (nSPS) is 44.5. The third kappa shape index (κ3) is 2.02. The van der Waals surface area contributed by atoms with Gasteiger partial charge in [-0.25, -0.2) is 4.39 Å². The van der Waals surface area contributed by atoms with E-state index in [0.29, 0.717) is 6.04 Å². The predicted molar refractivity (Wildman–Crippen MR) is 51.9 cm³/mol. The summed E-state index contributed by atoms with van der Waals surface area (Å²) < 4.78 is 13.1. The largest absolute Gasteiger partial charge is 0.325 e. The van der Waals surface area contributed by atoms with Gasteiger partial charge in [0.1, 0.15) is 6.17 Å². The summed E-state index contributed by atoms with van der Waals surface area (Å²) in [5.74, 6) is 0. The molecule has 74 valence electrons. The zero-order valence-corrected chi connectivity index (χ0v) is 8.34. The Morgan fingerprint density at radius 3 is 2.58 bits per heavy atom. The minimum absolute atomic E-state index is 0. The summed E-state index contributed by atoms with van der Waals surface area (Å²) in [4.78, 5) is 0. The van der Waals surface area contributed by atoms with Gasteiger partial charge in [0.25, 0.3) is 0 Å². The van der Waals surface area contributed by atoms with Gasteiger partial charge in [0.2, 0.25) is 0 Å². The third-order valence-corrected chi connectivity index (χ3v) is 2.63. The van der Waals surface area contributed by atoms with Crippen LogP contribution in [0.2, 0.25) is 0 Å². The Balaban J connectivity index is 0.000000605. The van der Waals surface area contributed by atoms with Crippen molar-refractivity contribution in [2.75, 3.05) is 0 Å². The Bertz CT molecular complexity index is 147. The highest BCUT2D eigenvalue weighted by Gasteiger charge is 2.39. The topological polar surface area (TPSA) is 38.0 Å². The Kier molecular flexibility index (Phi) is 4.77. The second-order valence-electron chi connectivity index (χ2n) is 3.39. The number of fused-ring (bicyclic) bond motifs is 2. The summed E-state index contributed by atoms with van der Waals surface area (Å²) in [6.45, 7) is 0. The Morgan fingerprint density at radius 2 is 1.92 bits per heavy atom. The lowest BCUT2D eigenvalue weighted by molar-refractivity contribution is 0.180. The molecule has 2 nitrogen and oxygen atoms in total. The first kappa shape index (κ1) is 12.4. The van der Waals surface area contributed by atoms with Crippen LogP contribution in [0.5, 0.6) is 0 Å². The first-order valence-corrected chi connectivity index (χ1v) is 3.93. The van der Waals surface area contributed by atoms with Crippen molar-refractivity contribution in [3.8, 4) is 0 Å². The molecule has 0 aromatic carbocycles. The fraction of sp³-hybridized carbons (Fsp3) is 1.00. The molecule has 12 heavy (non-hydrogen) atoms. The van der Waals surface area contributed by atoms with Gasteiger partial charge in [-0.2, -0.15) is 0 Å². The first-order valence-electron chi connectivity index (χ1n) is 3.93. The minimum atomic E-state index is -0.807. The zero-order valence-electron chi connectivity index (χ0n) is 6.70. The van der Waals surface area contributed by atoms with Gasteiger partial charge in [0.05, 0.1) is 0 Å². The van der Waals surface area contributed by atoms with Crippen molar-refractivity contribution >= 4 is 24.8 Å². The maximum Gasteiger partial charge on any atom is 0.130 e. The van der Waals surface area contributed by atoms with Crippen molar-refractivity contribution in [2.45, 2.75) is 43.6 Å². The lowest BCUT2D eigenvalue weighted by Crippen LogP contribution is -2.53. The van der Waals surface area contributed by atoms with Gasteiger partial charge in [0.15, 0.2) is 0 Å². The molecule has 0 amide bonds. The van der Waals surface area contributed by atoms with Gasteiger partial charge in [-0.05, 0) is 19.3 Å². The number of hydrogen-bond acceptors (Lipinski definition) is 2. The second kappa shape index (κ2) is 4.61. The average molecular weight is 217 g/mol. The van der Waals surface area contributed by atoms with Crippen LogP contribution in [0.1, 0.15) is 19.3 Å². The number of nitrogens with two attached hydrogens (primary N) is 1. The van der Waals surface area contributed by atoms with E-state index >= 15 is 0 Å². The molecule has 2 heterocycles. The molecule has 2 bridgehead atoms. The summed E-state index contributed by atoms with van der Waals surface area (Å²) in [5.41, 5.74) is 5.58. The van der Waals surface area contributed by atoms with Crippen molar-refractivity contribution in [1.82, 2.24) is 5.32 Å². The molecule has 0 spiro atoms. The number of rotatable bonds is 0. The Labute approximate surface area is 84.3 Å². The standard InChI is InChI=1S/C7H13FN2.2ClH/c8-7-5(9)3-4-1-2-6(7)10-4;;/h4-7,10H,1-3,9H2;2*1H/t4-,5+,6+,7-;;/m0../s1. The Morgan fingerprint density at radius 1 is 1.25 bits per heavy atom. The zero-order chi connectivity index (χ0) is 7.14. The fourth-order valence-electron chi connectivity index (χ4n) is 2.04. The Hall–Kier alpha value is 0.430. The number of alkyl halides is 1. The van der Waals surface area contributed by atoms with Crippen LogP contribution in [-0.4, -0.2) is 24.3 Å². The first-order chi connectivity index (χ1) is 4.77. The van der Waals surface area contributed by atoms with E-state index in [4.69, 9.17) is 5.73 Å². The van der Waals surface area contributed by atoms with Gasteiger partial charge >= 0.3 is 0 Å². The molecule has 0 aromatic rings. The molecule has 2 fully saturated rings. The SMILES string of the molecule is Cl.Cl.N[C@@H]1C[C@@H]2CC[C@@H](N2)[C@H]1F. The lowest BCUT2D eigenvalue weighted by atomic mass is 9.99. The van der Waals surface area contributed by atoms with Crippen LogP contribution in [0.4, 0.5) is 4.39 Å². The molecule has 4 atom stereocenters. The fourth-order valence-corrected chi connectivity index (χ4v) is 2.04. The summed E-state index contributed by atoms with van der Waals surface area (Å²) in [7, 11) is 0. The molecular formula is C7H15Cl2FN2. The van der Waals surface area contributed by atoms with Gasteiger partial charge < -0.3 is 11.1 Å². The van der Waals surface area contributed by atoms with E-state index in [1.54, 1.807) is 0 Å². The monoisotopic (exact) mass is 216 g/mol. The minimum Gasteiger partial charge on any atom is -0.325 e. The molecular weight excluding hydrogens is 202 g/mol.